The largest absolute Gasteiger partial charge is 0.390 e. The van der Waals surface area contributed by atoms with E-state index in [1.54, 1.807) is 24.3 Å². The van der Waals surface area contributed by atoms with E-state index >= 15 is 0 Å². The van der Waals surface area contributed by atoms with Gasteiger partial charge in [-0.1, -0.05) is 28.1 Å². The monoisotopic (exact) mass is 446 g/mol. The van der Waals surface area contributed by atoms with Crippen LogP contribution in [0.4, 0.5) is 5.69 Å². The van der Waals surface area contributed by atoms with Gasteiger partial charge in [-0.2, -0.15) is 4.31 Å². The van der Waals surface area contributed by atoms with Crippen LogP contribution >= 0.6 is 15.9 Å². The Balaban J connectivity index is 1.90. The molecule has 2 aromatic rings. The maximum atomic E-state index is 12.5. The molecule has 0 unspecified atom stereocenters. The normalized spacial score (nSPS) is 16.4. The second-order valence-corrected chi connectivity index (χ2v) is 10.1. The van der Waals surface area contributed by atoms with Crippen molar-refractivity contribution in [2.45, 2.75) is 15.9 Å². The van der Waals surface area contributed by atoms with Gasteiger partial charge in [-0.25, -0.2) is 16.8 Å². The number of nitrogens with one attached hydrogen (secondary N) is 1. The van der Waals surface area contributed by atoms with Crippen molar-refractivity contribution in [2.75, 3.05) is 17.8 Å². The number of benzene rings is 2. The first-order valence-corrected chi connectivity index (χ1v) is 11.0. The maximum Gasteiger partial charge on any atom is 0.261 e. The average molecular weight is 447 g/mol. The molecule has 1 fully saturated rings. The Labute approximate surface area is 154 Å². The predicted octanol–water partition coefficient (Wildman–Crippen LogP) is 1.62. The van der Waals surface area contributed by atoms with Crippen molar-refractivity contribution >= 4 is 41.7 Å². The lowest BCUT2D eigenvalue weighted by Gasteiger charge is -2.34. The Bertz CT molecular complexity index is 1000. The molecule has 0 aliphatic carbocycles. The van der Waals surface area contributed by atoms with E-state index < -0.39 is 26.2 Å². The van der Waals surface area contributed by atoms with E-state index in [0.29, 0.717) is 10.2 Å². The number of rotatable bonds is 5. The molecule has 0 radical (unpaired) electrons. The molecule has 7 nitrogen and oxygen atoms in total. The van der Waals surface area contributed by atoms with Gasteiger partial charge in [0.1, 0.15) is 0 Å². The van der Waals surface area contributed by atoms with Crippen LogP contribution in [-0.4, -0.2) is 45.4 Å². The molecule has 0 amide bonds. The van der Waals surface area contributed by atoms with Crippen molar-refractivity contribution in [1.82, 2.24) is 4.31 Å². The molecular formula is C15H15BrN2O5S2. The highest BCUT2D eigenvalue weighted by Gasteiger charge is 2.36. The van der Waals surface area contributed by atoms with Crippen LogP contribution in [0.2, 0.25) is 0 Å². The van der Waals surface area contributed by atoms with Gasteiger partial charge in [0.25, 0.3) is 10.0 Å². The van der Waals surface area contributed by atoms with Crippen molar-refractivity contribution in [3.63, 3.8) is 0 Å². The van der Waals surface area contributed by atoms with Crippen molar-refractivity contribution in [3.8, 4) is 0 Å². The lowest BCUT2D eigenvalue weighted by molar-refractivity contribution is 0.0548. The summed E-state index contributed by atoms with van der Waals surface area (Å²) in [5.74, 6) is 0. The summed E-state index contributed by atoms with van der Waals surface area (Å²) in [7, 11) is -7.77. The molecule has 1 aliphatic heterocycles. The van der Waals surface area contributed by atoms with E-state index in [1.165, 1.54) is 18.2 Å². The number of nitrogens with zero attached hydrogens (tertiary/aromatic N) is 1. The zero-order valence-corrected chi connectivity index (χ0v) is 16.1. The lowest BCUT2D eigenvalue weighted by Crippen LogP contribution is -2.53. The van der Waals surface area contributed by atoms with E-state index in [1.807, 2.05) is 0 Å². The smallest absolute Gasteiger partial charge is 0.261 e. The summed E-state index contributed by atoms with van der Waals surface area (Å²) >= 11 is 3.26. The Morgan fingerprint density at radius 2 is 1.64 bits per heavy atom. The first-order chi connectivity index (χ1) is 11.7. The third-order valence-electron chi connectivity index (χ3n) is 3.66. The minimum Gasteiger partial charge on any atom is -0.390 e. The zero-order chi connectivity index (χ0) is 18.2. The first-order valence-electron chi connectivity index (χ1n) is 7.25. The lowest BCUT2D eigenvalue weighted by atomic mass is 10.2. The van der Waals surface area contributed by atoms with E-state index in [2.05, 4.69) is 20.7 Å². The number of aliphatic hydroxyl groups excluding tert-OH is 1. The number of aliphatic hydroxyl groups is 1. The van der Waals surface area contributed by atoms with Gasteiger partial charge in [0.05, 0.1) is 15.9 Å². The van der Waals surface area contributed by atoms with Crippen molar-refractivity contribution in [3.05, 3.63) is 53.0 Å². The van der Waals surface area contributed by atoms with Gasteiger partial charge < -0.3 is 5.11 Å². The molecule has 0 saturated carbocycles. The van der Waals surface area contributed by atoms with Crippen LogP contribution in [0, 0.1) is 0 Å². The quantitative estimate of drug-likeness (QED) is 0.725. The van der Waals surface area contributed by atoms with E-state index in [0.717, 1.165) is 10.4 Å². The number of β-amino-alcohol motifs (C(OH)–C–C–N with tert-alkyl or cyclic N) is 1. The molecule has 3 rings (SSSR count). The molecule has 0 aromatic heterocycles. The summed E-state index contributed by atoms with van der Waals surface area (Å²) in [4.78, 5) is -0.286. The standard InChI is InChI=1S/C15H15BrN2O5S2/c16-11-3-1-4-12(7-11)17-24(20,21)14-5-2-6-15(8-14)25(22,23)18-9-13(19)10-18/h1-8,13,17,19H,9-10H2. The Morgan fingerprint density at radius 1 is 1.00 bits per heavy atom. The minimum absolute atomic E-state index is 0.00953. The van der Waals surface area contributed by atoms with Gasteiger partial charge >= 0.3 is 0 Å². The van der Waals surface area contributed by atoms with Crippen LogP contribution in [0.1, 0.15) is 0 Å². The third kappa shape index (κ3) is 3.87. The van der Waals surface area contributed by atoms with Crippen LogP contribution in [-0.2, 0) is 20.0 Å². The Kier molecular flexibility index (Phi) is 4.91. The average Bonchev–Trinajstić information content (AvgIpc) is 2.51. The molecule has 10 heteroatoms. The van der Waals surface area contributed by atoms with Crippen molar-refractivity contribution in [1.29, 1.82) is 0 Å². The molecule has 0 atom stereocenters. The van der Waals surface area contributed by atoms with E-state index in [4.69, 9.17) is 0 Å². The Hall–Kier alpha value is -1.46. The molecule has 2 N–H and O–H groups in total. The maximum absolute atomic E-state index is 12.5. The zero-order valence-electron chi connectivity index (χ0n) is 12.8. The van der Waals surface area contributed by atoms with Gasteiger partial charge in [-0.3, -0.25) is 4.72 Å². The predicted molar refractivity (Wildman–Crippen MR) is 96.2 cm³/mol. The number of anilines is 1. The van der Waals surface area contributed by atoms with Crippen LogP contribution in [0.15, 0.2) is 62.8 Å². The number of sulfonamides is 2. The molecule has 2 aromatic carbocycles. The van der Waals surface area contributed by atoms with Crippen LogP contribution < -0.4 is 4.72 Å². The molecule has 134 valence electrons. The van der Waals surface area contributed by atoms with Crippen LogP contribution in [0.25, 0.3) is 0 Å². The molecular weight excluding hydrogens is 432 g/mol. The fourth-order valence-corrected chi connectivity index (χ4v) is 5.46. The first kappa shape index (κ1) is 18.3. The summed E-state index contributed by atoms with van der Waals surface area (Å²) in [6.07, 6.45) is -0.681. The highest BCUT2D eigenvalue weighted by Crippen LogP contribution is 2.25. The molecule has 0 bridgehead atoms. The third-order valence-corrected chi connectivity index (χ3v) is 7.36. The Morgan fingerprint density at radius 3 is 2.28 bits per heavy atom. The number of halogens is 1. The fourth-order valence-electron chi connectivity index (χ4n) is 2.33. The molecule has 25 heavy (non-hydrogen) atoms. The van der Waals surface area contributed by atoms with Gasteiger partial charge in [0.2, 0.25) is 10.0 Å². The van der Waals surface area contributed by atoms with Crippen LogP contribution in [0.3, 0.4) is 0 Å². The molecule has 1 heterocycles. The summed E-state index contributed by atoms with van der Waals surface area (Å²) in [5, 5.41) is 9.28. The topological polar surface area (TPSA) is 104 Å². The SMILES string of the molecule is O=S(=O)(Nc1cccc(Br)c1)c1cccc(S(=O)(=O)N2CC(O)C2)c1. The fraction of sp³-hybridized carbons (Fsp3) is 0.200. The minimum atomic E-state index is -3.94. The van der Waals surface area contributed by atoms with E-state index in [9.17, 15) is 21.9 Å². The number of hydrogen-bond donors (Lipinski definition) is 2. The number of hydrogen-bond acceptors (Lipinski definition) is 5. The molecule has 1 saturated heterocycles. The van der Waals surface area contributed by atoms with Crippen molar-refractivity contribution in [2.24, 2.45) is 0 Å². The van der Waals surface area contributed by atoms with Crippen LogP contribution in [0.5, 0.6) is 0 Å². The van der Waals surface area contributed by atoms with Gasteiger partial charge in [0.15, 0.2) is 0 Å². The van der Waals surface area contributed by atoms with Crippen molar-refractivity contribution < 1.29 is 21.9 Å². The highest BCUT2D eigenvalue weighted by atomic mass is 79.9. The molecule has 0 spiro atoms. The van der Waals surface area contributed by atoms with Gasteiger partial charge in [-0.15, -0.1) is 0 Å². The van der Waals surface area contributed by atoms with Gasteiger partial charge in [0, 0.05) is 23.2 Å². The summed E-state index contributed by atoms with van der Waals surface area (Å²) < 4.78 is 54.1. The second kappa shape index (κ2) is 6.69. The highest BCUT2D eigenvalue weighted by molar-refractivity contribution is 9.10. The summed E-state index contributed by atoms with van der Waals surface area (Å²) in [5.41, 5.74) is 0.355. The van der Waals surface area contributed by atoms with E-state index in [-0.39, 0.29) is 22.9 Å². The summed E-state index contributed by atoms with van der Waals surface area (Å²) in [6, 6.07) is 11.8. The molecule has 1 aliphatic rings. The second-order valence-electron chi connectivity index (χ2n) is 5.57. The van der Waals surface area contributed by atoms with Gasteiger partial charge in [-0.05, 0) is 36.4 Å². The summed E-state index contributed by atoms with van der Waals surface area (Å²) in [6.45, 7) is 0.0191.